The summed E-state index contributed by atoms with van der Waals surface area (Å²) in [7, 11) is 3.29. The lowest BCUT2D eigenvalue weighted by Crippen LogP contribution is -1.88. The van der Waals surface area contributed by atoms with E-state index in [1.54, 1.807) is 20.7 Å². The molecule has 0 saturated heterocycles. The van der Waals surface area contributed by atoms with Crippen LogP contribution >= 0.6 is 32.9 Å². The highest BCUT2D eigenvalue weighted by Gasteiger charge is 2.07. The van der Waals surface area contributed by atoms with Gasteiger partial charge < -0.3 is 0 Å². The smallest absolute Gasteiger partial charge is 0.105 e. The van der Waals surface area contributed by atoms with Crippen LogP contribution in [0.3, 0.4) is 0 Å². The van der Waals surface area contributed by atoms with E-state index in [-0.39, 0.29) is 0 Å². The molecule has 2 aromatic heterocycles. The van der Waals surface area contributed by atoms with Crippen LogP contribution in [-0.4, -0.2) is 10.2 Å². The molecule has 0 N–H and O–H groups in total. The molecule has 2 heterocycles. The lowest BCUT2D eigenvalue weighted by atomic mass is 10.2. The highest BCUT2D eigenvalue weighted by Crippen LogP contribution is 2.32. The van der Waals surface area contributed by atoms with Gasteiger partial charge in [-0.2, -0.15) is 5.10 Å². The van der Waals surface area contributed by atoms with Gasteiger partial charge in [0.05, 0.1) is 10.6 Å². The van der Waals surface area contributed by atoms with Crippen molar-refractivity contribution in [2.24, 2.45) is 0 Å². The first kappa shape index (κ1) is 9.89. The average molecular weight is 240 g/mol. The third-order valence-corrected chi connectivity index (χ3v) is 5.22. The van der Waals surface area contributed by atoms with Gasteiger partial charge in [-0.25, -0.2) is 0 Å². The van der Waals surface area contributed by atoms with E-state index in [9.17, 15) is 0 Å². The first-order valence-corrected chi connectivity index (χ1v) is 6.65. The second-order valence-corrected chi connectivity index (χ2v) is 5.78. The molecule has 2 aromatic rings. The van der Waals surface area contributed by atoms with Crippen molar-refractivity contribution in [1.82, 2.24) is 10.2 Å². The molecule has 0 unspecified atom stereocenters. The van der Waals surface area contributed by atoms with Gasteiger partial charge in [-0.15, -0.1) is 5.10 Å². The summed E-state index contributed by atoms with van der Waals surface area (Å²) in [6, 6.07) is 3.96. The van der Waals surface area contributed by atoms with Gasteiger partial charge in [0, 0.05) is 0 Å². The van der Waals surface area contributed by atoms with Gasteiger partial charge in [-0.3, -0.25) is 0 Å². The highest BCUT2D eigenvalue weighted by molar-refractivity contribution is 7.80. The van der Waals surface area contributed by atoms with Crippen LogP contribution < -0.4 is 0 Å². The van der Waals surface area contributed by atoms with Gasteiger partial charge >= 0.3 is 0 Å². The van der Waals surface area contributed by atoms with Crippen LogP contribution in [0.1, 0.15) is 11.3 Å². The number of hydrogen-bond acceptors (Lipinski definition) is 5. The Morgan fingerprint density at radius 3 is 2.43 bits per heavy atom. The second kappa shape index (κ2) is 3.84. The Balaban J connectivity index is 2.55. The third kappa shape index (κ3) is 1.75. The standard InChI is InChI=1S/C9H8N2S3/c1-5-3-4-7(11-10-5)8-6(2)9(12)14-13-8/h3-4H,1-2H3. The van der Waals surface area contributed by atoms with Crippen LogP contribution in [0, 0.1) is 17.7 Å². The minimum Gasteiger partial charge on any atom is -0.155 e. The molecule has 0 fully saturated rings. The van der Waals surface area contributed by atoms with Crippen molar-refractivity contribution in [3.8, 4) is 10.6 Å². The van der Waals surface area contributed by atoms with Crippen molar-refractivity contribution < 1.29 is 0 Å². The fraction of sp³-hybridized carbons (Fsp3) is 0.222. The molecule has 0 amide bonds. The van der Waals surface area contributed by atoms with Crippen molar-refractivity contribution in [3.63, 3.8) is 0 Å². The zero-order chi connectivity index (χ0) is 10.1. The topological polar surface area (TPSA) is 25.8 Å². The van der Waals surface area contributed by atoms with Gasteiger partial charge in [0.15, 0.2) is 0 Å². The van der Waals surface area contributed by atoms with Crippen LogP contribution in [0.4, 0.5) is 0 Å². The highest BCUT2D eigenvalue weighted by atomic mass is 32.9. The van der Waals surface area contributed by atoms with Crippen LogP contribution in [0.2, 0.25) is 0 Å². The number of aromatic nitrogens is 2. The molecule has 0 bridgehead atoms. The van der Waals surface area contributed by atoms with Crippen LogP contribution in [-0.2, 0) is 0 Å². The minimum atomic E-state index is 0.922. The Morgan fingerprint density at radius 2 is 1.93 bits per heavy atom. The zero-order valence-corrected chi connectivity index (χ0v) is 10.2. The average Bonchev–Trinajstić information content (AvgIpc) is 2.50. The molecule has 0 aliphatic heterocycles. The lowest BCUT2D eigenvalue weighted by Gasteiger charge is -1.96. The van der Waals surface area contributed by atoms with Crippen LogP contribution in [0.5, 0.6) is 0 Å². The predicted octanol–water partition coefficient (Wildman–Crippen LogP) is 3.61. The normalized spacial score (nSPS) is 10.4. The summed E-state index contributed by atoms with van der Waals surface area (Å²) in [5.74, 6) is 0. The van der Waals surface area contributed by atoms with Crippen molar-refractivity contribution in [1.29, 1.82) is 0 Å². The van der Waals surface area contributed by atoms with Gasteiger partial charge in [0.1, 0.15) is 9.52 Å². The summed E-state index contributed by atoms with van der Waals surface area (Å²) in [4.78, 5) is 1.15. The van der Waals surface area contributed by atoms with Crippen molar-refractivity contribution in [3.05, 3.63) is 27.2 Å². The van der Waals surface area contributed by atoms with Gasteiger partial charge in [0.2, 0.25) is 0 Å². The largest absolute Gasteiger partial charge is 0.155 e. The van der Waals surface area contributed by atoms with E-state index in [2.05, 4.69) is 10.2 Å². The molecule has 2 nitrogen and oxygen atoms in total. The second-order valence-electron chi connectivity index (χ2n) is 2.97. The van der Waals surface area contributed by atoms with E-state index in [1.165, 1.54) is 0 Å². The number of nitrogens with zero attached hydrogens (tertiary/aromatic N) is 2. The summed E-state index contributed by atoms with van der Waals surface area (Å²) in [5, 5.41) is 8.18. The van der Waals surface area contributed by atoms with Gasteiger partial charge in [-0.05, 0) is 31.5 Å². The van der Waals surface area contributed by atoms with E-state index < -0.39 is 0 Å². The summed E-state index contributed by atoms with van der Waals surface area (Å²) in [6.07, 6.45) is 0. The molecule has 0 aromatic carbocycles. The number of hydrogen-bond donors (Lipinski definition) is 0. The number of aryl methyl sites for hydroxylation is 1. The molecule has 5 heteroatoms. The first-order valence-electron chi connectivity index (χ1n) is 4.09. The minimum absolute atomic E-state index is 0.922. The van der Waals surface area contributed by atoms with Crippen molar-refractivity contribution >= 4 is 32.9 Å². The third-order valence-electron chi connectivity index (χ3n) is 1.88. The van der Waals surface area contributed by atoms with Crippen molar-refractivity contribution in [2.75, 3.05) is 0 Å². The molecular weight excluding hydrogens is 232 g/mol. The maximum atomic E-state index is 5.18. The SMILES string of the molecule is Cc1ccc(-c2ssc(=S)c2C)nn1. The predicted molar refractivity (Wildman–Crippen MR) is 63.5 cm³/mol. The maximum Gasteiger partial charge on any atom is 0.105 e. The van der Waals surface area contributed by atoms with E-state index in [0.717, 1.165) is 25.7 Å². The zero-order valence-electron chi connectivity index (χ0n) is 7.77. The first-order chi connectivity index (χ1) is 6.68. The molecule has 0 atom stereocenters. The molecule has 2 rings (SSSR count). The quantitative estimate of drug-likeness (QED) is 0.562. The molecule has 14 heavy (non-hydrogen) atoms. The molecule has 0 spiro atoms. The molecule has 72 valence electrons. The maximum absolute atomic E-state index is 5.18. The van der Waals surface area contributed by atoms with E-state index >= 15 is 0 Å². The fourth-order valence-electron chi connectivity index (χ4n) is 1.05. The Hall–Kier alpha value is -0.650. The van der Waals surface area contributed by atoms with E-state index in [4.69, 9.17) is 12.2 Å². The molecule has 0 radical (unpaired) electrons. The Bertz CT molecular complexity index is 496. The Kier molecular flexibility index (Phi) is 2.71. The monoisotopic (exact) mass is 240 g/mol. The molecule has 0 aliphatic rings. The van der Waals surface area contributed by atoms with Crippen LogP contribution in [0.25, 0.3) is 10.6 Å². The van der Waals surface area contributed by atoms with Crippen LogP contribution in [0.15, 0.2) is 12.1 Å². The summed E-state index contributed by atoms with van der Waals surface area (Å²) >= 11 is 5.18. The van der Waals surface area contributed by atoms with Gasteiger partial charge in [0.25, 0.3) is 0 Å². The van der Waals surface area contributed by atoms with Gasteiger partial charge in [-0.1, -0.05) is 32.9 Å². The van der Waals surface area contributed by atoms with E-state index in [1.807, 2.05) is 26.0 Å². The lowest BCUT2D eigenvalue weighted by molar-refractivity contribution is 0.988. The fourth-order valence-corrected chi connectivity index (χ4v) is 3.88. The summed E-state index contributed by atoms with van der Waals surface area (Å²) in [5.41, 5.74) is 3.00. The Morgan fingerprint density at radius 1 is 1.14 bits per heavy atom. The summed E-state index contributed by atoms with van der Waals surface area (Å²) in [6.45, 7) is 3.96. The number of rotatable bonds is 1. The van der Waals surface area contributed by atoms with E-state index in [0.29, 0.717) is 0 Å². The van der Waals surface area contributed by atoms with Crippen molar-refractivity contribution in [2.45, 2.75) is 13.8 Å². The molecular formula is C9H8N2S3. The molecule has 0 aliphatic carbocycles. The molecule has 0 saturated carbocycles. The Labute approximate surface area is 94.7 Å². The summed E-state index contributed by atoms with van der Waals surface area (Å²) < 4.78 is 0.951.